The fourth-order valence-electron chi connectivity index (χ4n) is 3.49. The summed E-state index contributed by atoms with van der Waals surface area (Å²) in [7, 11) is -3.78. The van der Waals surface area contributed by atoms with Gasteiger partial charge in [0.15, 0.2) is 11.5 Å². The third kappa shape index (κ3) is 4.05. The van der Waals surface area contributed by atoms with Gasteiger partial charge in [-0.2, -0.15) is 0 Å². The van der Waals surface area contributed by atoms with E-state index in [0.29, 0.717) is 11.0 Å². The Kier molecular flexibility index (Phi) is 5.09. The molecule has 0 aliphatic rings. The summed E-state index contributed by atoms with van der Waals surface area (Å²) in [5.41, 5.74) is 4.40. The zero-order valence-electron chi connectivity index (χ0n) is 18.3. The average molecular weight is 435 g/mol. The summed E-state index contributed by atoms with van der Waals surface area (Å²) in [4.78, 5) is 5.06. The molecule has 0 saturated heterocycles. The number of aryl methyl sites for hydroxylation is 2. The molecular weight excluding hydrogens is 408 g/mol. The Morgan fingerprint density at radius 2 is 1.65 bits per heavy atom. The summed E-state index contributed by atoms with van der Waals surface area (Å²) < 4.78 is 30.3. The largest absolute Gasteiger partial charge is 0.263 e. The number of fused-ring (bicyclic) bond motifs is 1. The van der Waals surface area contributed by atoms with Crippen LogP contribution >= 0.6 is 0 Å². The Balaban J connectivity index is 1.93. The number of pyridine rings is 1. The van der Waals surface area contributed by atoms with Gasteiger partial charge in [-0.3, -0.25) is 4.72 Å². The minimum absolute atomic E-state index is 0.157. The zero-order chi connectivity index (χ0) is 22.4. The van der Waals surface area contributed by atoms with Crippen molar-refractivity contribution in [1.29, 1.82) is 0 Å². The highest BCUT2D eigenvalue weighted by Crippen LogP contribution is 2.30. The summed E-state index contributed by atoms with van der Waals surface area (Å²) >= 11 is 0. The van der Waals surface area contributed by atoms with Crippen LogP contribution in [0.2, 0.25) is 0 Å². The highest BCUT2D eigenvalue weighted by atomic mass is 32.2. The summed E-state index contributed by atoms with van der Waals surface area (Å²) in [5, 5.41) is 5.29. The molecule has 0 aliphatic heterocycles. The number of aromatic nitrogens is 3. The lowest BCUT2D eigenvalue weighted by Gasteiger charge is -2.17. The second-order valence-corrected chi connectivity index (χ2v) is 10.5. The van der Waals surface area contributed by atoms with E-state index in [0.717, 1.165) is 22.5 Å². The minimum Gasteiger partial charge on any atom is -0.261 e. The number of hydrogen-bond acceptors (Lipinski definition) is 4. The smallest absolute Gasteiger partial charge is 0.261 e. The average Bonchev–Trinajstić information content (AvgIpc) is 3.05. The predicted molar refractivity (Wildman–Crippen MR) is 124 cm³/mol. The zero-order valence-corrected chi connectivity index (χ0v) is 19.2. The van der Waals surface area contributed by atoms with Crippen LogP contribution in [0.15, 0.2) is 65.6 Å². The predicted octanol–water partition coefficient (Wildman–Crippen LogP) is 5.14. The van der Waals surface area contributed by atoms with Gasteiger partial charge in [-0.1, -0.05) is 56.7 Å². The van der Waals surface area contributed by atoms with E-state index in [1.807, 2.05) is 38.1 Å². The third-order valence-electron chi connectivity index (χ3n) is 5.16. The minimum atomic E-state index is -3.78. The summed E-state index contributed by atoms with van der Waals surface area (Å²) in [6, 6.07) is 18.2. The van der Waals surface area contributed by atoms with Gasteiger partial charge in [0, 0.05) is 11.1 Å². The topological polar surface area (TPSA) is 76.9 Å². The van der Waals surface area contributed by atoms with Crippen molar-refractivity contribution in [3.63, 3.8) is 0 Å². The lowest BCUT2D eigenvalue weighted by molar-refractivity contribution is 0.570. The molecule has 2 aromatic carbocycles. The number of hydrogen-bond donors (Lipinski definition) is 1. The molecule has 0 saturated carbocycles. The fraction of sp³-hybridized carbons (Fsp3) is 0.250. The number of rotatable bonds is 4. The molecule has 0 atom stereocenters. The van der Waals surface area contributed by atoms with Crippen LogP contribution < -0.4 is 4.72 Å². The molecule has 0 amide bonds. The SMILES string of the molecule is Cc1ccc(-n2nc(NS(=O)(=O)c3ccccc3)c3ccc(C(C)(C)C)nc32)c(C)c1. The van der Waals surface area contributed by atoms with Crippen LogP contribution in [0.3, 0.4) is 0 Å². The molecule has 0 fully saturated rings. The van der Waals surface area contributed by atoms with Crippen molar-refractivity contribution in [3.05, 3.63) is 77.5 Å². The van der Waals surface area contributed by atoms with Crippen molar-refractivity contribution < 1.29 is 8.42 Å². The quantitative estimate of drug-likeness (QED) is 0.483. The Hall–Kier alpha value is -3.19. The van der Waals surface area contributed by atoms with Crippen LogP contribution in [0, 0.1) is 13.8 Å². The first-order chi connectivity index (χ1) is 14.6. The maximum absolute atomic E-state index is 12.9. The number of benzene rings is 2. The number of sulfonamides is 1. The van der Waals surface area contributed by atoms with Gasteiger partial charge in [0.25, 0.3) is 10.0 Å². The molecule has 7 heteroatoms. The van der Waals surface area contributed by atoms with Crippen molar-refractivity contribution in [2.75, 3.05) is 4.72 Å². The molecular formula is C24H26N4O2S. The lowest BCUT2D eigenvalue weighted by Crippen LogP contribution is -2.14. The van der Waals surface area contributed by atoms with Gasteiger partial charge in [0.1, 0.15) is 0 Å². The van der Waals surface area contributed by atoms with Gasteiger partial charge in [0.2, 0.25) is 0 Å². The molecule has 4 aromatic rings. The van der Waals surface area contributed by atoms with Gasteiger partial charge < -0.3 is 0 Å². The molecule has 2 aromatic heterocycles. The van der Waals surface area contributed by atoms with E-state index in [4.69, 9.17) is 4.98 Å². The van der Waals surface area contributed by atoms with Gasteiger partial charge in [-0.15, -0.1) is 5.10 Å². The number of anilines is 1. The third-order valence-corrected chi connectivity index (χ3v) is 6.52. The monoisotopic (exact) mass is 434 g/mol. The van der Waals surface area contributed by atoms with E-state index in [-0.39, 0.29) is 16.1 Å². The first-order valence-corrected chi connectivity index (χ1v) is 11.6. The number of nitrogens with zero attached hydrogens (tertiary/aromatic N) is 3. The Morgan fingerprint density at radius 3 is 2.29 bits per heavy atom. The first kappa shape index (κ1) is 21.1. The summed E-state index contributed by atoms with van der Waals surface area (Å²) in [6.45, 7) is 10.3. The summed E-state index contributed by atoms with van der Waals surface area (Å²) in [6.07, 6.45) is 0. The van der Waals surface area contributed by atoms with Crippen molar-refractivity contribution in [2.45, 2.75) is 44.9 Å². The molecule has 6 nitrogen and oxygen atoms in total. The molecule has 2 heterocycles. The molecule has 0 aliphatic carbocycles. The van der Waals surface area contributed by atoms with E-state index in [9.17, 15) is 8.42 Å². The molecule has 0 spiro atoms. The van der Waals surface area contributed by atoms with Gasteiger partial charge in [0.05, 0.1) is 16.0 Å². The molecule has 160 valence electrons. The van der Waals surface area contributed by atoms with Gasteiger partial charge in [-0.05, 0) is 49.7 Å². The first-order valence-electron chi connectivity index (χ1n) is 10.1. The van der Waals surface area contributed by atoms with Crippen molar-refractivity contribution in [2.24, 2.45) is 0 Å². The Morgan fingerprint density at radius 1 is 0.935 bits per heavy atom. The maximum atomic E-state index is 12.9. The van der Waals surface area contributed by atoms with E-state index in [1.165, 1.54) is 0 Å². The second-order valence-electron chi connectivity index (χ2n) is 8.79. The molecule has 1 N–H and O–H groups in total. The molecule has 0 radical (unpaired) electrons. The Labute approximate surface area is 183 Å². The molecule has 0 unspecified atom stereocenters. The van der Waals surface area contributed by atoms with Gasteiger partial charge >= 0.3 is 0 Å². The van der Waals surface area contributed by atoms with Crippen LogP contribution in [-0.4, -0.2) is 23.2 Å². The van der Waals surface area contributed by atoms with Crippen molar-refractivity contribution in [1.82, 2.24) is 14.8 Å². The molecule has 4 rings (SSSR count). The van der Waals surface area contributed by atoms with Crippen LogP contribution in [0.4, 0.5) is 5.82 Å². The fourth-order valence-corrected chi connectivity index (χ4v) is 4.52. The van der Waals surface area contributed by atoms with E-state index < -0.39 is 10.0 Å². The lowest BCUT2D eigenvalue weighted by atomic mass is 9.91. The molecule has 0 bridgehead atoms. The summed E-state index contributed by atoms with van der Waals surface area (Å²) in [5.74, 6) is 0.256. The van der Waals surface area contributed by atoms with Crippen LogP contribution in [0.25, 0.3) is 16.7 Å². The van der Waals surface area contributed by atoms with E-state index >= 15 is 0 Å². The van der Waals surface area contributed by atoms with Crippen LogP contribution in [-0.2, 0) is 15.4 Å². The van der Waals surface area contributed by atoms with E-state index in [2.05, 4.69) is 36.7 Å². The highest BCUT2D eigenvalue weighted by molar-refractivity contribution is 7.92. The molecule has 31 heavy (non-hydrogen) atoms. The maximum Gasteiger partial charge on any atom is 0.263 e. The van der Waals surface area contributed by atoms with Crippen molar-refractivity contribution in [3.8, 4) is 5.69 Å². The van der Waals surface area contributed by atoms with Crippen LogP contribution in [0.5, 0.6) is 0 Å². The number of nitrogens with one attached hydrogen (secondary N) is 1. The van der Waals surface area contributed by atoms with E-state index in [1.54, 1.807) is 35.0 Å². The standard InChI is InChI=1S/C24H26N4O2S/c1-16-11-13-20(17(2)15-16)28-23-19(12-14-21(25-23)24(3,4)5)22(26-28)27-31(29,30)18-9-7-6-8-10-18/h6-15H,1-5H3,(H,26,27). The van der Waals surface area contributed by atoms with Gasteiger partial charge in [-0.25, -0.2) is 18.1 Å². The highest BCUT2D eigenvalue weighted by Gasteiger charge is 2.23. The Bertz CT molecular complexity index is 1370. The normalized spacial score (nSPS) is 12.3. The van der Waals surface area contributed by atoms with Crippen LogP contribution in [0.1, 0.15) is 37.6 Å². The second kappa shape index (κ2) is 7.50. The van der Waals surface area contributed by atoms with Crippen molar-refractivity contribution >= 4 is 26.9 Å².